The minimum atomic E-state index is -0.303. The predicted molar refractivity (Wildman–Crippen MR) is 89.1 cm³/mol. The van der Waals surface area contributed by atoms with E-state index in [1.807, 2.05) is 6.92 Å². The maximum Gasteiger partial charge on any atom is 0.260 e. The highest BCUT2D eigenvalue weighted by atomic mass is 35.5. The Balaban J connectivity index is 1.44. The second kappa shape index (κ2) is 7.09. The Morgan fingerprint density at radius 1 is 1.25 bits per heavy atom. The molecule has 0 N–H and O–H groups in total. The first-order chi connectivity index (χ1) is 11.5. The van der Waals surface area contributed by atoms with Gasteiger partial charge in [0, 0.05) is 5.02 Å². The molecule has 1 aliphatic rings. The van der Waals surface area contributed by atoms with Gasteiger partial charge in [-0.1, -0.05) is 11.6 Å². The molecule has 0 atom stereocenters. The lowest BCUT2D eigenvalue weighted by Gasteiger charge is -2.38. The summed E-state index contributed by atoms with van der Waals surface area (Å²) in [5.74, 6) is 0.847. The molecule has 6 heteroatoms. The smallest absolute Gasteiger partial charge is 0.260 e. The van der Waals surface area contributed by atoms with E-state index in [4.69, 9.17) is 21.1 Å². The number of likely N-dealkylation sites (tertiary alicyclic amines) is 1. The van der Waals surface area contributed by atoms with Crippen molar-refractivity contribution in [3.63, 3.8) is 0 Å². The lowest BCUT2D eigenvalue weighted by atomic mass is 10.1. The van der Waals surface area contributed by atoms with Crippen LogP contribution in [0.3, 0.4) is 0 Å². The summed E-state index contributed by atoms with van der Waals surface area (Å²) < 4.78 is 24.0. The molecule has 0 unspecified atom stereocenters. The molecule has 4 nitrogen and oxygen atoms in total. The number of hydrogen-bond donors (Lipinski definition) is 0. The zero-order valence-electron chi connectivity index (χ0n) is 13.2. The molecule has 0 aromatic heterocycles. The third-order valence-electron chi connectivity index (χ3n) is 3.81. The SMILES string of the molecule is Cc1cc(Cl)ccc1OCC(=O)N1CC(Oc2ccc(F)cc2)C1. The number of benzene rings is 2. The fourth-order valence-electron chi connectivity index (χ4n) is 2.43. The molecule has 3 rings (SSSR count). The van der Waals surface area contributed by atoms with E-state index in [1.54, 1.807) is 35.2 Å². The summed E-state index contributed by atoms with van der Waals surface area (Å²) in [4.78, 5) is 13.8. The third kappa shape index (κ3) is 3.97. The Morgan fingerprint density at radius 2 is 1.96 bits per heavy atom. The Kier molecular flexibility index (Phi) is 4.90. The molecule has 1 aliphatic heterocycles. The molecule has 1 saturated heterocycles. The lowest BCUT2D eigenvalue weighted by Crippen LogP contribution is -2.57. The van der Waals surface area contributed by atoms with Gasteiger partial charge in [-0.15, -0.1) is 0 Å². The first-order valence-electron chi connectivity index (χ1n) is 7.60. The van der Waals surface area contributed by atoms with Crippen LogP contribution in [-0.4, -0.2) is 36.6 Å². The van der Waals surface area contributed by atoms with E-state index in [2.05, 4.69) is 0 Å². The van der Waals surface area contributed by atoms with Gasteiger partial charge in [-0.25, -0.2) is 4.39 Å². The average molecular weight is 350 g/mol. The van der Waals surface area contributed by atoms with Gasteiger partial charge in [0.05, 0.1) is 13.1 Å². The van der Waals surface area contributed by atoms with Crippen molar-refractivity contribution in [2.24, 2.45) is 0 Å². The number of hydrogen-bond acceptors (Lipinski definition) is 3. The lowest BCUT2D eigenvalue weighted by molar-refractivity contribution is -0.142. The Bertz CT molecular complexity index is 730. The zero-order valence-corrected chi connectivity index (χ0v) is 13.9. The topological polar surface area (TPSA) is 38.8 Å². The van der Waals surface area contributed by atoms with Crippen molar-refractivity contribution in [3.05, 3.63) is 58.9 Å². The Morgan fingerprint density at radius 3 is 2.62 bits per heavy atom. The maximum atomic E-state index is 12.8. The van der Waals surface area contributed by atoms with Gasteiger partial charge in [-0.2, -0.15) is 0 Å². The van der Waals surface area contributed by atoms with Gasteiger partial charge in [-0.3, -0.25) is 4.79 Å². The van der Waals surface area contributed by atoms with Crippen LogP contribution in [0.25, 0.3) is 0 Å². The highest BCUT2D eigenvalue weighted by molar-refractivity contribution is 6.30. The number of carbonyl (C=O) groups is 1. The van der Waals surface area contributed by atoms with Crippen molar-refractivity contribution in [2.75, 3.05) is 19.7 Å². The van der Waals surface area contributed by atoms with Crippen LogP contribution < -0.4 is 9.47 Å². The number of amides is 1. The fraction of sp³-hybridized carbons (Fsp3) is 0.278. The largest absolute Gasteiger partial charge is 0.487 e. The van der Waals surface area contributed by atoms with Crippen LogP contribution in [0.1, 0.15) is 5.56 Å². The van der Waals surface area contributed by atoms with Crippen molar-refractivity contribution >= 4 is 17.5 Å². The van der Waals surface area contributed by atoms with E-state index in [0.29, 0.717) is 29.6 Å². The normalized spacial score (nSPS) is 14.2. The fourth-order valence-corrected chi connectivity index (χ4v) is 2.65. The molecule has 1 fully saturated rings. The van der Waals surface area contributed by atoms with Gasteiger partial charge < -0.3 is 14.4 Å². The number of carbonyl (C=O) groups excluding carboxylic acids is 1. The van der Waals surface area contributed by atoms with E-state index in [-0.39, 0.29) is 24.4 Å². The average Bonchev–Trinajstić information content (AvgIpc) is 2.51. The van der Waals surface area contributed by atoms with E-state index < -0.39 is 0 Å². The maximum absolute atomic E-state index is 12.8. The summed E-state index contributed by atoms with van der Waals surface area (Å²) in [6.45, 7) is 2.85. The quantitative estimate of drug-likeness (QED) is 0.829. The molecular weight excluding hydrogens is 333 g/mol. The molecule has 1 amide bonds. The van der Waals surface area contributed by atoms with Crippen LogP contribution in [0.15, 0.2) is 42.5 Å². The van der Waals surface area contributed by atoms with Crippen LogP contribution in [0, 0.1) is 12.7 Å². The number of aryl methyl sites for hydroxylation is 1. The second-order valence-electron chi connectivity index (χ2n) is 5.69. The summed E-state index contributed by atoms with van der Waals surface area (Å²) in [5.41, 5.74) is 0.886. The minimum absolute atomic E-state index is 0.0221. The summed E-state index contributed by atoms with van der Waals surface area (Å²) >= 11 is 5.89. The molecule has 2 aromatic carbocycles. The van der Waals surface area contributed by atoms with E-state index in [1.165, 1.54) is 12.1 Å². The number of nitrogens with zero attached hydrogens (tertiary/aromatic N) is 1. The molecule has 0 radical (unpaired) electrons. The molecular formula is C18H17ClFNO3. The van der Waals surface area contributed by atoms with E-state index in [0.717, 1.165) is 5.56 Å². The summed E-state index contributed by atoms with van der Waals surface area (Å²) in [6, 6.07) is 11.1. The molecule has 0 saturated carbocycles. The standard InChI is InChI=1S/C18H17ClFNO3/c1-12-8-13(19)2-7-17(12)23-11-18(22)21-9-16(10-21)24-15-5-3-14(20)4-6-15/h2-8,16H,9-11H2,1H3. The summed E-state index contributed by atoms with van der Waals surface area (Å²) in [6.07, 6.45) is -0.0725. The van der Waals surface area contributed by atoms with Crippen LogP contribution in [0.5, 0.6) is 11.5 Å². The van der Waals surface area contributed by atoms with Crippen molar-refractivity contribution in [3.8, 4) is 11.5 Å². The van der Waals surface area contributed by atoms with Crippen LogP contribution in [0.4, 0.5) is 4.39 Å². The molecule has 0 spiro atoms. The summed E-state index contributed by atoms with van der Waals surface area (Å²) in [5, 5.41) is 0.634. The zero-order chi connectivity index (χ0) is 17.1. The molecule has 24 heavy (non-hydrogen) atoms. The van der Waals surface area contributed by atoms with Crippen molar-refractivity contribution < 1.29 is 18.7 Å². The Hall–Kier alpha value is -2.27. The molecule has 1 heterocycles. The molecule has 0 bridgehead atoms. The monoisotopic (exact) mass is 349 g/mol. The molecule has 126 valence electrons. The van der Waals surface area contributed by atoms with Gasteiger partial charge in [0.15, 0.2) is 6.61 Å². The van der Waals surface area contributed by atoms with Crippen molar-refractivity contribution in [2.45, 2.75) is 13.0 Å². The third-order valence-corrected chi connectivity index (χ3v) is 4.04. The number of halogens is 2. The first-order valence-corrected chi connectivity index (χ1v) is 7.98. The predicted octanol–water partition coefficient (Wildman–Crippen LogP) is 3.46. The van der Waals surface area contributed by atoms with Gasteiger partial charge in [-0.05, 0) is 55.0 Å². The van der Waals surface area contributed by atoms with Crippen LogP contribution in [-0.2, 0) is 4.79 Å². The van der Waals surface area contributed by atoms with Crippen LogP contribution >= 0.6 is 11.6 Å². The molecule has 2 aromatic rings. The van der Waals surface area contributed by atoms with Gasteiger partial charge in [0.1, 0.15) is 23.4 Å². The van der Waals surface area contributed by atoms with Gasteiger partial charge >= 0.3 is 0 Å². The number of ether oxygens (including phenoxy) is 2. The second-order valence-corrected chi connectivity index (χ2v) is 6.13. The van der Waals surface area contributed by atoms with Crippen LogP contribution in [0.2, 0.25) is 5.02 Å². The minimum Gasteiger partial charge on any atom is -0.487 e. The van der Waals surface area contributed by atoms with E-state index >= 15 is 0 Å². The highest BCUT2D eigenvalue weighted by Crippen LogP contribution is 2.22. The van der Waals surface area contributed by atoms with E-state index in [9.17, 15) is 9.18 Å². The summed E-state index contributed by atoms with van der Waals surface area (Å²) in [7, 11) is 0. The van der Waals surface area contributed by atoms with Gasteiger partial charge in [0.25, 0.3) is 5.91 Å². The number of rotatable bonds is 5. The molecule has 0 aliphatic carbocycles. The van der Waals surface area contributed by atoms with Crippen molar-refractivity contribution in [1.29, 1.82) is 0 Å². The van der Waals surface area contributed by atoms with Crippen molar-refractivity contribution in [1.82, 2.24) is 4.90 Å². The first kappa shape index (κ1) is 16.6. The highest BCUT2D eigenvalue weighted by Gasteiger charge is 2.32. The Labute approximate surface area is 144 Å². The van der Waals surface area contributed by atoms with Gasteiger partial charge in [0.2, 0.25) is 0 Å².